The highest BCUT2D eigenvalue weighted by molar-refractivity contribution is 5.34. The fourth-order valence-electron chi connectivity index (χ4n) is 3.84. The van der Waals surface area contributed by atoms with Crippen molar-refractivity contribution in [2.45, 2.75) is 62.8 Å². The third-order valence-electron chi connectivity index (χ3n) is 5.18. The standard InChI is InChI=1S/C17H25N/c18-16(14-8-4-1-2-5-9-14)17(12-13-17)15-10-6-3-7-11-15/h3,6-7,10-11,14,16H,1-2,4-5,8-9,12-13,18H2. The van der Waals surface area contributed by atoms with E-state index in [9.17, 15) is 0 Å². The molecule has 1 aromatic rings. The summed E-state index contributed by atoms with van der Waals surface area (Å²) in [4.78, 5) is 0. The molecule has 1 heteroatoms. The minimum Gasteiger partial charge on any atom is -0.327 e. The van der Waals surface area contributed by atoms with Crippen molar-refractivity contribution < 1.29 is 0 Å². The van der Waals surface area contributed by atoms with E-state index in [0.29, 0.717) is 11.5 Å². The average Bonchev–Trinajstić information content (AvgIpc) is 3.24. The second-order valence-electron chi connectivity index (χ2n) is 6.30. The zero-order valence-corrected chi connectivity index (χ0v) is 11.3. The van der Waals surface area contributed by atoms with Crippen LogP contribution in [0, 0.1) is 5.92 Å². The average molecular weight is 243 g/mol. The van der Waals surface area contributed by atoms with E-state index < -0.39 is 0 Å². The van der Waals surface area contributed by atoms with E-state index in [-0.39, 0.29) is 0 Å². The number of hydrogen-bond donors (Lipinski definition) is 1. The summed E-state index contributed by atoms with van der Waals surface area (Å²) < 4.78 is 0. The van der Waals surface area contributed by atoms with Crippen LogP contribution in [-0.2, 0) is 5.41 Å². The first-order valence-electron chi connectivity index (χ1n) is 7.64. The molecule has 2 fully saturated rings. The molecule has 18 heavy (non-hydrogen) atoms. The Kier molecular flexibility index (Phi) is 3.43. The lowest BCUT2D eigenvalue weighted by Crippen LogP contribution is -2.41. The molecule has 0 aliphatic heterocycles. The molecule has 1 atom stereocenters. The van der Waals surface area contributed by atoms with Gasteiger partial charge < -0.3 is 5.73 Å². The second-order valence-corrected chi connectivity index (χ2v) is 6.30. The Bertz CT molecular complexity index is 372. The van der Waals surface area contributed by atoms with Crippen LogP contribution in [0.4, 0.5) is 0 Å². The van der Waals surface area contributed by atoms with Crippen molar-refractivity contribution in [3.05, 3.63) is 35.9 Å². The first-order valence-corrected chi connectivity index (χ1v) is 7.64. The summed E-state index contributed by atoms with van der Waals surface area (Å²) in [7, 11) is 0. The summed E-state index contributed by atoms with van der Waals surface area (Å²) >= 11 is 0. The molecule has 0 amide bonds. The Hall–Kier alpha value is -0.820. The summed E-state index contributed by atoms with van der Waals surface area (Å²) in [5.74, 6) is 0.759. The first kappa shape index (κ1) is 12.2. The Labute approximate surface area is 111 Å². The lowest BCUT2D eigenvalue weighted by molar-refractivity contribution is 0.319. The molecule has 2 aliphatic rings. The highest BCUT2D eigenvalue weighted by Crippen LogP contribution is 2.53. The largest absolute Gasteiger partial charge is 0.327 e. The van der Waals surface area contributed by atoms with Crippen molar-refractivity contribution >= 4 is 0 Å². The number of nitrogens with two attached hydrogens (primary N) is 1. The summed E-state index contributed by atoms with van der Waals surface area (Å²) in [6, 6.07) is 11.4. The summed E-state index contributed by atoms with van der Waals surface area (Å²) in [6.07, 6.45) is 10.9. The SMILES string of the molecule is NC(C1CCCCCC1)C1(c2ccccc2)CC1. The topological polar surface area (TPSA) is 26.0 Å². The van der Waals surface area contributed by atoms with Crippen molar-refractivity contribution in [3.8, 4) is 0 Å². The Morgan fingerprint density at radius 3 is 2.11 bits per heavy atom. The summed E-state index contributed by atoms with van der Waals surface area (Å²) in [5, 5.41) is 0. The molecule has 3 rings (SSSR count). The van der Waals surface area contributed by atoms with E-state index in [1.807, 2.05) is 0 Å². The van der Waals surface area contributed by atoms with Crippen molar-refractivity contribution in [1.29, 1.82) is 0 Å². The van der Waals surface area contributed by atoms with Crippen LogP contribution in [0.2, 0.25) is 0 Å². The minimum absolute atomic E-state index is 0.330. The van der Waals surface area contributed by atoms with Crippen molar-refractivity contribution in [1.82, 2.24) is 0 Å². The molecule has 98 valence electrons. The van der Waals surface area contributed by atoms with Gasteiger partial charge in [0.1, 0.15) is 0 Å². The van der Waals surface area contributed by atoms with Crippen LogP contribution in [0.5, 0.6) is 0 Å². The van der Waals surface area contributed by atoms with Crippen LogP contribution < -0.4 is 5.73 Å². The minimum atomic E-state index is 0.330. The van der Waals surface area contributed by atoms with Gasteiger partial charge in [0.2, 0.25) is 0 Å². The van der Waals surface area contributed by atoms with Crippen molar-refractivity contribution in [3.63, 3.8) is 0 Å². The van der Waals surface area contributed by atoms with E-state index in [2.05, 4.69) is 30.3 Å². The highest BCUT2D eigenvalue weighted by atomic mass is 14.8. The van der Waals surface area contributed by atoms with Gasteiger partial charge in [-0.2, -0.15) is 0 Å². The maximum absolute atomic E-state index is 6.69. The van der Waals surface area contributed by atoms with E-state index in [1.165, 1.54) is 56.9 Å². The van der Waals surface area contributed by atoms with Crippen LogP contribution >= 0.6 is 0 Å². The number of benzene rings is 1. The van der Waals surface area contributed by atoms with Gasteiger partial charge in [0.05, 0.1) is 0 Å². The van der Waals surface area contributed by atoms with E-state index >= 15 is 0 Å². The van der Waals surface area contributed by atoms with Gasteiger partial charge in [-0.25, -0.2) is 0 Å². The lowest BCUT2D eigenvalue weighted by Gasteiger charge is -2.31. The third-order valence-corrected chi connectivity index (χ3v) is 5.18. The summed E-state index contributed by atoms with van der Waals surface area (Å²) in [6.45, 7) is 0. The molecule has 0 saturated heterocycles. The van der Waals surface area contributed by atoms with Crippen LogP contribution in [0.15, 0.2) is 30.3 Å². The zero-order chi connectivity index (χ0) is 12.4. The Morgan fingerprint density at radius 1 is 0.944 bits per heavy atom. The normalized spacial score (nSPS) is 25.4. The van der Waals surface area contributed by atoms with Crippen LogP contribution in [0.1, 0.15) is 56.9 Å². The molecule has 2 saturated carbocycles. The van der Waals surface area contributed by atoms with Crippen LogP contribution in [-0.4, -0.2) is 6.04 Å². The number of rotatable bonds is 3. The Balaban J connectivity index is 1.77. The molecule has 0 heterocycles. The van der Waals surface area contributed by atoms with Crippen molar-refractivity contribution in [2.24, 2.45) is 11.7 Å². The van der Waals surface area contributed by atoms with E-state index in [0.717, 1.165) is 5.92 Å². The second kappa shape index (κ2) is 5.05. The molecule has 2 aliphatic carbocycles. The van der Waals surface area contributed by atoms with Crippen LogP contribution in [0.3, 0.4) is 0 Å². The van der Waals surface area contributed by atoms with Gasteiger partial charge >= 0.3 is 0 Å². The molecule has 0 spiro atoms. The highest BCUT2D eigenvalue weighted by Gasteiger charge is 2.51. The molecule has 2 N–H and O–H groups in total. The Morgan fingerprint density at radius 2 is 1.56 bits per heavy atom. The monoisotopic (exact) mass is 243 g/mol. The molecule has 0 aromatic heterocycles. The zero-order valence-electron chi connectivity index (χ0n) is 11.3. The van der Waals surface area contributed by atoms with Gasteiger partial charge in [-0.15, -0.1) is 0 Å². The number of hydrogen-bond acceptors (Lipinski definition) is 1. The molecule has 0 radical (unpaired) electrons. The van der Waals surface area contributed by atoms with Gasteiger partial charge in [-0.1, -0.05) is 56.0 Å². The smallest absolute Gasteiger partial charge is 0.0165 e. The first-order chi connectivity index (χ1) is 8.83. The fourth-order valence-corrected chi connectivity index (χ4v) is 3.84. The van der Waals surface area contributed by atoms with Gasteiger partial charge in [0, 0.05) is 11.5 Å². The maximum Gasteiger partial charge on any atom is 0.0165 e. The molecule has 1 unspecified atom stereocenters. The predicted octanol–water partition coefficient (Wildman–Crippen LogP) is 4.02. The lowest BCUT2D eigenvalue weighted by atomic mass is 9.78. The fraction of sp³-hybridized carbons (Fsp3) is 0.647. The third kappa shape index (κ3) is 2.21. The molecular formula is C17H25N. The van der Waals surface area contributed by atoms with Gasteiger partial charge in [-0.05, 0) is 37.2 Å². The van der Waals surface area contributed by atoms with E-state index in [1.54, 1.807) is 0 Å². The maximum atomic E-state index is 6.69. The van der Waals surface area contributed by atoms with Gasteiger partial charge in [0.15, 0.2) is 0 Å². The van der Waals surface area contributed by atoms with Crippen LogP contribution in [0.25, 0.3) is 0 Å². The molecule has 1 nitrogen and oxygen atoms in total. The quantitative estimate of drug-likeness (QED) is 0.797. The molecule has 1 aromatic carbocycles. The van der Waals surface area contributed by atoms with E-state index in [4.69, 9.17) is 5.73 Å². The van der Waals surface area contributed by atoms with Crippen molar-refractivity contribution in [2.75, 3.05) is 0 Å². The predicted molar refractivity (Wildman–Crippen MR) is 76.5 cm³/mol. The van der Waals surface area contributed by atoms with Gasteiger partial charge in [-0.3, -0.25) is 0 Å². The van der Waals surface area contributed by atoms with Gasteiger partial charge in [0.25, 0.3) is 0 Å². The molecular weight excluding hydrogens is 218 g/mol. The molecule has 0 bridgehead atoms. The summed E-state index contributed by atoms with van der Waals surface area (Å²) in [5.41, 5.74) is 8.51.